The average Bonchev–Trinajstić information content (AvgIpc) is 2.40. The second-order valence-electron chi connectivity index (χ2n) is 4.94. The van der Waals surface area contributed by atoms with E-state index in [9.17, 15) is 13.2 Å². The van der Waals surface area contributed by atoms with Crippen LogP contribution in [0.1, 0.15) is 29.7 Å². The first-order valence-electron chi connectivity index (χ1n) is 6.48. The van der Waals surface area contributed by atoms with E-state index in [1.54, 1.807) is 6.92 Å². The molecule has 0 radical (unpaired) electrons. The number of alkyl halides is 3. The number of anilines is 1. The normalized spacial score (nSPS) is 13.0. The van der Waals surface area contributed by atoms with Crippen molar-refractivity contribution in [2.24, 2.45) is 0 Å². The Balaban J connectivity index is 2.33. The van der Waals surface area contributed by atoms with Crippen LogP contribution >= 0.6 is 11.6 Å². The summed E-state index contributed by atoms with van der Waals surface area (Å²) < 4.78 is 39.1. The molecule has 112 valence electrons. The molecule has 0 saturated heterocycles. The van der Waals surface area contributed by atoms with E-state index in [-0.39, 0.29) is 16.8 Å². The SMILES string of the molecule is Cc1ccc(C(C)Nc2c(Cl)cccc2C(F)(F)F)cc1. The van der Waals surface area contributed by atoms with Crippen molar-refractivity contribution in [3.63, 3.8) is 0 Å². The van der Waals surface area contributed by atoms with Crippen LogP contribution in [0.2, 0.25) is 5.02 Å². The van der Waals surface area contributed by atoms with Gasteiger partial charge in [0.1, 0.15) is 0 Å². The van der Waals surface area contributed by atoms with Crippen LogP contribution in [0.5, 0.6) is 0 Å². The summed E-state index contributed by atoms with van der Waals surface area (Å²) in [5.74, 6) is 0. The first kappa shape index (κ1) is 15.7. The lowest BCUT2D eigenvalue weighted by Crippen LogP contribution is -2.14. The van der Waals surface area contributed by atoms with E-state index in [0.29, 0.717) is 0 Å². The van der Waals surface area contributed by atoms with E-state index in [1.807, 2.05) is 31.2 Å². The lowest BCUT2D eigenvalue weighted by Gasteiger charge is -2.21. The van der Waals surface area contributed by atoms with Crippen LogP contribution in [0, 0.1) is 6.92 Å². The standard InChI is InChI=1S/C16H15ClF3N/c1-10-6-8-12(9-7-10)11(2)21-15-13(16(18,19)20)4-3-5-14(15)17/h3-9,11,21H,1-2H3. The second-order valence-corrected chi connectivity index (χ2v) is 5.34. The molecular formula is C16H15ClF3N. The van der Waals surface area contributed by atoms with Gasteiger partial charge in [0, 0.05) is 6.04 Å². The van der Waals surface area contributed by atoms with Gasteiger partial charge in [0.25, 0.3) is 0 Å². The topological polar surface area (TPSA) is 12.0 Å². The largest absolute Gasteiger partial charge is 0.418 e. The van der Waals surface area contributed by atoms with Gasteiger partial charge < -0.3 is 5.32 Å². The van der Waals surface area contributed by atoms with Crippen molar-refractivity contribution in [3.8, 4) is 0 Å². The van der Waals surface area contributed by atoms with Crippen molar-refractivity contribution in [1.29, 1.82) is 0 Å². The monoisotopic (exact) mass is 313 g/mol. The van der Waals surface area contributed by atoms with E-state index in [1.165, 1.54) is 12.1 Å². The van der Waals surface area contributed by atoms with Crippen LogP contribution in [0.3, 0.4) is 0 Å². The molecule has 0 bridgehead atoms. The van der Waals surface area contributed by atoms with Crippen LogP contribution in [-0.2, 0) is 6.18 Å². The third kappa shape index (κ3) is 3.70. The number of hydrogen-bond donors (Lipinski definition) is 1. The highest BCUT2D eigenvalue weighted by Crippen LogP contribution is 2.39. The Bertz CT molecular complexity index is 620. The first-order valence-corrected chi connectivity index (χ1v) is 6.85. The zero-order valence-electron chi connectivity index (χ0n) is 11.6. The van der Waals surface area contributed by atoms with Gasteiger partial charge in [-0.1, -0.05) is 47.5 Å². The molecule has 1 nitrogen and oxygen atoms in total. The van der Waals surface area contributed by atoms with Crippen LogP contribution < -0.4 is 5.32 Å². The minimum atomic E-state index is -4.44. The molecule has 0 amide bonds. The Morgan fingerprint density at radius 1 is 1.05 bits per heavy atom. The maximum absolute atomic E-state index is 13.0. The van der Waals surface area contributed by atoms with E-state index >= 15 is 0 Å². The van der Waals surface area contributed by atoms with Crippen LogP contribution in [0.15, 0.2) is 42.5 Å². The summed E-state index contributed by atoms with van der Waals surface area (Å²) in [6.45, 7) is 3.76. The molecule has 1 atom stereocenters. The van der Waals surface area contributed by atoms with Crippen molar-refractivity contribution < 1.29 is 13.2 Å². The minimum absolute atomic E-state index is 0.0591. The predicted molar refractivity (Wildman–Crippen MR) is 79.7 cm³/mol. The highest BCUT2D eigenvalue weighted by Gasteiger charge is 2.34. The Hall–Kier alpha value is -1.68. The lowest BCUT2D eigenvalue weighted by atomic mass is 10.1. The molecule has 0 aliphatic rings. The number of hydrogen-bond acceptors (Lipinski definition) is 1. The third-order valence-electron chi connectivity index (χ3n) is 3.26. The minimum Gasteiger partial charge on any atom is -0.377 e. The summed E-state index contributed by atoms with van der Waals surface area (Å²) in [6, 6.07) is 11.1. The molecule has 1 unspecified atom stereocenters. The summed E-state index contributed by atoms with van der Waals surface area (Å²) in [4.78, 5) is 0. The van der Waals surface area contributed by atoms with Gasteiger partial charge >= 0.3 is 6.18 Å². The lowest BCUT2D eigenvalue weighted by molar-refractivity contribution is -0.137. The molecule has 1 N–H and O–H groups in total. The molecule has 21 heavy (non-hydrogen) atoms. The zero-order chi connectivity index (χ0) is 15.6. The molecule has 2 aromatic rings. The smallest absolute Gasteiger partial charge is 0.377 e. The highest BCUT2D eigenvalue weighted by molar-refractivity contribution is 6.33. The molecule has 0 aliphatic carbocycles. The Morgan fingerprint density at radius 2 is 1.67 bits per heavy atom. The number of benzene rings is 2. The fraction of sp³-hybridized carbons (Fsp3) is 0.250. The number of halogens is 4. The highest BCUT2D eigenvalue weighted by atomic mass is 35.5. The van der Waals surface area contributed by atoms with Crippen molar-refractivity contribution in [2.75, 3.05) is 5.32 Å². The van der Waals surface area contributed by atoms with Gasteiger partial charge in [0.2, 0.25) is 0 Å². The van der Waals surface area contributed by atoms with Crippen LogP contribution in [0.4, 0.5) is 18.9 Å². The van der Waals surface area contributed by atoms with Crippen LogP contribution in [0.25, 0.3) is 0 Å². The summed E-state index contributed by atoms with van der Waals surface area (Å²) in [6.07, 6.45) is -4.44. The molecule has 0 spiro atoms. The fourth-order valence-electron chi connectivity index (χ4n) is 2.06. The molecule has 2 aromatic carbocycles. The number of aryl methyl sites for hydroxylation is 1. The summed E-state index contributed by atoms with van der Waals surface area (Å²) in [5.41, 5.74) is 1.15. The summed E-state index contributed by atoms with van der Waals surface area (Å²) in [5, 5.41) is 2.93. The summed E-state index contributed by atoms with van der Waals surface area (Å²) >= 11 is 5.93. The number of rotatable bonds is 3. The molecule has 5 heteroatoms. The number of para-hydroxylation sites is 1. The van der Waals surface area contributed by atoms with E-state index < -0.39 is 11.7 Å². The van der Waals surface area contributed by atoms with Crippen molar-refractivity contribution >= 4 is 17.3 Å². The fourth-order valence-corrected chi connectivity index (χ4v) is 2.29. The van der Waals surface area contributed by atoms with E-state index in [2.05, 4.69) is 5.32 Å². The van der Waals surface area contributed by atoms with Gasteiger partial charge in [-0.3, -0.25) is 0 Å². The van der Waals surface area contributed by atoms with Crippen LogP contribution in [-0.4, -0.2) is 0 Å². The average molecular weight is 314 g/mol. The Labute approximate surface area is 126 Å². The van der Waals surface area contributed by atoms with E-state index in [0.717, 1.165) is 17.2 Å². The Kier molecular flexibility index (Phi) is 4.47. The molecular weight excluding hydrogens is 299 g/mol. The number of nitrogens with one attached hydrogen (secondary N) is 1. The molecule has 0 aliphatic heterocycles. The molecule has 0 heterocycles. The summed E-state index contributed by atoms with van der Waals surface area (Å²) in [7, 11) is 0. The van der Waals surface area contributed by atoms with Gasteiger partial charge in [-0.15, -0.1) is 0 Å². The second kappa shape index (κ2) is 5.98. The van der Waals surface area contributed by atoms with Gasteiger partial charge in [0.15, 0.2) is 0 Å². The molecule has 0 saturated carbocycles. The van der Waals surface area contributed by atoms with Gasteiger partial charge in [-0.25, -0.2) is 0 Å². The molecule has 2 rings (SSSR count). The van der Waals surface area contributed by atoms with Crippen molar-refractivity contribution in [3.05, 3.63) is 64.2 Å². The van der Waals surface area contributed by atoms with Gasteiger partial charge in [0.05, 0.1) is 16.3 Å². The zero-order valence-corrected chi connectivity index (χ0v) is 12.4. The first-order chi connectivity index (χ1) is 9.79. The third-order valence-corrected chi connectivity index (χ3v) is 3.57. The van der Waals surface area contributed by atoms with Gasteiger partial charge in [-0.2, -0.15) is 13.2 Å². The van der Waals surface area contributed by atoms with E-state index in [4.69, 9.17) is 11.6 Å². The van der Waals surface area contributed by atoms with Crippen molar-refractivity contribution in [1.82, 2.24) is 0 Å². The van der Waals surface area contributed by atoms with Crippen molar-refractivity contribution in [2.45, 2.75) is 26.1 Å². The maximum atomic E-state index is 13.0. The predicted octanol–water partition coefficient (Wildman–Crippen LogP) is 5.84. The van der Waals surface area contributed by atoms with Gasteiger partial charge in [-0.05, 0) is 31.5 Å². The molecule has 0 fully saturated rings. The Morgan fingerprint density at radius 3 is 2.24 bits per heavy atom. The quantitative estimate of drug-likeness (QED) is 0.750. The molecule has 0 aromatic heterocycles. The maximum Gasteiger partial charge on any atom is 0.418 e.